The number of methoxy groups -OCH3 is 4. The highest BCUT2D eigenvalue weighted by molar-refractivity contribution is 5.81. The Hall–Kier alpha value is -3.84. The molecule has 238 valence electrons. The number of carbonyl (C=O) groups is 1. The molecule has 0 aromatic heterocycles. The third-order valence-electron chi connectivity index (χ3n) is 8.20. The predicted octanol–water partition coefficient (Wildman–Crippen LogP) is 1.49. The minimum Gasteiger partial charge on any atom is -0.502 e. The zero-order chi connectivity index (χ0) is 31.6. The molecule has 3 aliphatic heterocycles. The summed E-state index contributed by atoms with van der Waals surface area (Å²) in [6.45, 7) is 0.870. The predicted molar refractivity (Wildman–Crippen MR) is 149 cm³/mol. The topological polar surface area (TPSA) is 190 Å². The molecule has 4 aliphatic rings. The van der Waals surface area contributed by atoms with Crippen molar-refractivity contribution in [2.45, 2.75) is 42.5 Å². The second-order valence-electron chi connectivity index (χ2n) is 10.8. The van der Waals surface area contributed by atoms with Crippen LogP contribution in [0.25, 0.3) is 0 Å². The smallest absolute Gasteiger partial charge is 0.312 e. The highest BCUT2D eigenvalue weighted by Gasteiger charge is 2.61. The molecule has 2 fully saturated rings. The van der Waals surface area contributed by atoms with Gasteiger partial charge < -0.3 is 58.6 Å². The lowest BCUT2D eigenvalue weighted by molar-refractivity contribution is -0.170. The minimum atomic E-state index is -1.10. The Morgan fingerprint density at radius 3 is 2.25 bits per heavy atom. The Balaban J connectivity index is 0.000000249. The molecule has 7 unspecified atom stereocenters. The monoisotopic (exact) mass is 616 g/mol. The first kappa shape index (κ1) is 31.6. The van der Waals surface area contributed by atoms with Crippen LogP contribution in [0.5, 0.6) is 28.7 Å². The molecule has 44 heavy (non-hydrogen) atoms. The number of ether oxygens (including phenoxy) is 9. The number of hydrogen-bond acceptors (Lipinski definition) is 14. The molecule has 0 bridgehead atoms. The number of nitriles is 1. The average Bonchev–Trinajstić information content (AvgIpc) is 3.61. The number of nitrogens with two attached hydrogens (primary N) is 1. The van der Waals surface area contributed by atoms with Gasteiger partial charge >= 0.3 is 5.97 Å². The number of aliphatic hydroxyl groups is 1. The molecule has 3 heterocycles. The summed E-state index contributed by atoms with van der Waals surface area (Å²) in [7, 11) is 5.85. The molecule has 14 nitrogen and oxygen atoms in total. The lowest BCUT2D eigenvalue weighted by Gasteiger charge is -2.44. The zero-order valence-electron chi connectivity index (χ0n) is 24.8. The number of nitrogens with zero attached hydrogens (tertiary/aromatic N) is 1. The zero-order valence-corrected chi connectivity index (χ0v) is 24.8. The third-order valence-corrected chi connectivity index (χ3v) is 8.20. The van der Waals surface area contributed by atoms with Crippen molar-refractivity contribution < 1.29 is 57.6 Å². The van der Waals surface area contributed by atoms with Crippen molar-refractivity contribution >= 4 is 5.97 Å². The van der Waals surface area contributed by atoms with E-state index in [0.29, 0.717) is 36.7 Å². The fraction of sp³-hybridized carbons (Fsp3) is 0.533. The minimum absolute atomic E-state index is 0.0196. The molecule has 2 aromatic carbocycles. The number of phenolic OH excluding ortho intramolecular Hbond substituents is 1. The van der Waals surface area contributed by atoms with Crippen molar-refractivity contribution in [3.8, 4) is 34.8 Å². The number of hydrogen-bond donors (Lipinski definition) is 3. The number of esters is 1. The summed E-state index contributed by atoms with van der Waals surface area (Å²) in [6.07, 6.45) is -1.74. The first-order valence-corrected chi connectivity index (χ1v) is 13.9. The average molecular weight is 617 g/mol. The Labute approximate surface area is 254 Å². The number of cyclic esters (lactones) is 1. The molecule has 0 spiro atoms. The van der Waals surface area contributed by atoms with Gasteiger partial charge in [-0.1, -0.05) is 0 Å². The van der Waals surface area contributed by atoms with Gasteiger partial charge in [-0.2, -0.15) is 5.26 Å². The molecule has 0 saturated carbocycles. The molecule has 14 heteroatoms. The Kier molecular flexibility index (Phi) is 9.35. The van der Waals surface area contributed by atoms with Crippen LogP contribution >= 0.6 is 0 Å². The highest BCUT2D eigenvalue weighted by Crippen LogP contribution is 2.57. The van der Waals surface area contributed by atoms with Crippen molar-refractivity contribution in [3.05, 3.63) is 41.0 Å². The van der Waals surface area contributed by atoms with Crippen molar-refractivity contribution in [1.82, 2.24) is 0 Å². The van der Waals surface area contributed by atoms with Crippen LogP contribution in [-0.2, 0) is 28.5 Å². The normalized spacial score (nSPS) is 28.8. The summed E-state index contributed by atoms with van der Waals surface area (Å²) in [6, 6.07) is 8.89. The Morgan fingerprint density at radius 1 is 1.02 bits per heavy atom. The number of aromatic hydroxyl groups is 1. The summed E-state index contributed by atoms with van der Waals surface area (Å²) >= 11 is 0. The maximum Gasteiger partial charge on any atom is 0.312 e. The summed E-state index contributed by atoms with van der Waals surface area (Å²) < 4.78 is 48.0. The molecule has 6 rings (SSSR count). The van der Waals surface area contributed by atoms with Gasteiger partial charge in [-0.05, 0) is 41.0 Å². The molecule has 0 radical (unpaired) electrons. The van der Waals surface area contributed by atoms with E-state index in [0.717, 1.165) is 11.1 Å². The molecular formula is C30H36N2O12. The van der Waals surface area contributed by atoms with Crippen molar-refractivity contribution in [2.24, 2.45) is 11.7 Å². The number of aliphatic hydroxyl groups excluding tert-OH is 1. The second-order valence-corrected chi connectivity index (χ2v) is 10.8. The molecule has 0 amide bonds. The van der Waals surface area contributed by atoms with Crippen LogP contribution in [0.15, 0.2) is 24.3 Å². The highest BCUT2D eigenvalue weighted by atomic mass is 16.7. The van der Waals surface area contributed by atoms with Gasteiger partial charge in [0.05, 0.1) is 51.1 Å². The van der Waals surface area contributed by atoms with Gasteiger partial charge in [0, 0.05) is 26.6 Å². The van der Waals surface area contributed by atoms with Crippen molar-refractivity contribution in [3.63, 3.8) is 0 Å². The van der Waals surface area contributed by atoms with Crippen LogP contribution in [0, 0.1) is 17.2 Å². The number of phenols is 1. The lowest BCUT2D eigenvalue weighted by Crippen LogP contribution is -2.57. The summed E-state index contributed by atoms with van der Waals surface area (Å²) in [4.78, 5) is 13.0. The number of rotatable bonds is 7. The van der Waals surface area contributed by atoms with Gasteiger partial charge in [0.2, 0.25) is 18.8 Å². The van der Waals surface area contributed by atoms with E-state index in [1.54, 1.807) is 19.2 Å². The molecule has 2 aromatic rings. The Bertz CT molecular complexity index is 1390. The SMILES string of the molecule is COC(C#N)OC1COCC(O)C1.COc1cc(C2c3cc4c(cc3C(OC)C3(N)COC(=O)C23)OCO4)cc(OC)c1O. The van der Waals surface area contributed by atoms with Crippen molar-refractivity contribution in [1.29, 1.82) is 5.26 Å². The Morgan fingerprint density at radius 2 is 1.68 bits per heavy atom. The van der Waals surface area contributed by atoms with Gasteiger partial charge in [-0.15, -0.1) is 0 Å². The maximum absolute atomic E-state index is 13.0. The van der Waals surface area contributed by atoms with Gasteiger partial charge in [0.25, 0.3) is 0 Å². The van der Waals surface area contributed by atoms with Gasteiger partial charge in [0.15, 0.2) is 23.0 Å². The van der Waals surface area contributed by atoms with E-state index >= 15 is 0 Å². The summed E-state index contributed by atoms with van der Waals surface area (Å²) in [5.41, 5.74) is 7.99. The van der Waals surface area contributed by atoms with E-state index in [-0.39, 0.29) is 36.8 Å². The van der Waals surface area contributed by atoms with Crippen LogP contribution in [0.2, 0.25) is 0 Å². The van der Waals surface area contributed by atoms with E-state index in [4.69, 9.17) is 53.6 Å². The number of carbonyl (C=O) groups excluding carboxylic acids is 1. The quantitative estimate of drug-likeness (QED) is 0.299. The fourth-order valence-electron chi connectivity index (χ4n) is 6.21. The van der Waals surface area contributed by atoms with Crippen LogP contribution in [0.4, 0.5) is 0 Å². The van der Waals surface area contributed by atoms with E-state index in [2.05, 4.69) is 0 Å². The van der Waals surface area contributed by atoms with Crippen molar-refractivity contribution in [2.75, 3.05) is 55.1 Å². The second kappa shape index (κ2) is 13.0. The fourth-order valence-corrected chi connectivity index (χ4v) is 6.21. The maximum atomic E-state index is 13.0. The largest absolute Gasteiger partial charge is 0.502 e. The van der Waals surface area contributed by atoms with Crippen LogP contribution in [0.1, 0.15) is 35.1 Å². The molecule has 2 saturated heterocycles. The lowest BCUT2D eigenvalue weighted by atomic mass is 9.62. The summed E-state index contributed by atoms with van der Waals surface area (Å²) in [5, 5.41) is 28.1. The van der Waals surface area contributed by atoms with E-state index in [1.165, 1.54) is 21.3 Å². The summed E-state index contributed by atoms with van der Waals surface area (Å²) in [5.74, 6) is -0.176. The van der Waals surface area contributed by atoms with Gasteiger partial charge in [0.1, 0.15) is 18.8 Å². The first-order chi connectivity index (χ1) is 21.2. The molecule has 7 atom stereocenters. The standard InChI is InChI=1S/C22H23NO8.C8H13NO4/c1-26-15-4-10(5-16(27-2)19(15)24)17-11-6-13-14(31-9-30-13)7-12(11)20(28-3)22(23)8-29-21(25)18(17)22;1-11-8(3-9)13-7-2-6(10)4-12-5-7/h4-7,17-18,20,24H,8-9,23H2,1-3H3;6-8,10H,2,4-5H2,1H3. The van der Waals surface area contributed by atoms with Crippen LogP contribution in [0.3, 0.4) is 0 Å². The molecular weight excluding hydrogens is 580 g/mol. The van der Waals surface area contributed by atoms with E-state index in [1.807, 2.05) is 18.2 Å². The number of benzene rings is 2. The number of fused-ring (bicyclic) bond motifs is 3. The van der Waals surface area contributed by atoms with E-state index < -0.39 is 41.8 Å². The van der Waals surface area contributed by atoms with Crippen LogP contribution < -0.4 is 24.7 Å². The van der Waals surface area contributed by atoms with Gasteiger partial charge in [-0.3, -0.25) is 4.79 Å². The molecule has 1 aliphatic carbocycles. The van der Waals surface area contributed by atoms with Crippen LogP contribution in [-0.4, -0.2) is 95.3 Å². The third kappa shape index (κ3) is 5.70. The van der Waals surface area contributed by atoms with Gasteiger partial charge in [-0.25, -0.2) is 0 Å². The van der Waals surface area contributed by atoms with E-state index in [9.17, 15) is 15.0 Å². The first-order valence-electron chi connectivity index (χ1n) is 13.9. The molecule has 4 N–H and O–H groups in total.